The second-order valence-corrected chi connectivity index (χ2v) is 12.4. The summed E-state index contributed by atoms with van der Waals surface area (Å²) in [6, 6.07) is 15.0. The lowest BCUT2D eigenvalue weighted by atomic mass is 9.86. The maximum Gasteiger partial charge on any atom is 0.412 e. The number of nitrogens with one attached hydrogen (secondary N) is 2. The average molecular weight is 589 g/mol. The molecule has 0 bridgehead atoms. The largest absolute Gasteiger partial charge is 0.444 e. The highest BCUT2D eigenvalue weighted by Crippen LogP contribution is 2.42. The first-order valence-corrected chi connectivity index (χ1v) is 14.4. The van der Waals surface area contributed by atoms with E-state index in [4.69, 9.17) is 14.5 Å². The van der Waals surface area contributed by atoms with Crippen molar-refractivity contribution in [3.8, 4) is 0 Å². The first-order chi connectivity index (χ1) is 20.4. The minimum absolute atomic E-state index is 0.0223. The van der Waals surface area contributed by atoms with Gasteiger partial charge in [-0.05, 0) is 63.1 Å². The van der Waals surface area contributed by atoms with E-state index in [9.17, 15) is 14.4 Å². The van der Waals surface area contributed by atoms with Crippen LogP contribution in [0.15, 0.2) is 48.5 Å². The molecular weight excluding hydrogens is 548 g/mol. The predicted molar refractivity (Wildman–Crippen MR) is 162 cm³/mol. The lowest BCUT2D eigenvalue weighted by Gasteiger charge is -2.52. The monoisotopic (exact) mass is 588 g/mol. The van der Waals surface area contributed by atoms with Gasteiger partial charge in [-0.1, -0.05) is 24.3 Å². The van der Waals surface area contributed by atoms with Gasteiger partial charge in [-0.3, -0.25) is 19.8 Å². The molecule has 0 unspecified atom stereocenters. The Labute approximate surface area is 252 Å². The molecule has 3 amide bonds. The van der Waals surface area contributed by atoms with Crippen LogP contribution in [0.4, 0.5) is 10.5 Å². The average Bonchev–Trinajstić information content (AvgIpc) is 3.27. The van der Waals surface area contributed by atoms with Gasteiger partial charge in [-0.25, -0.2) is 9.78 Å². The number of ether oxygens (including phenoxy) is 2. The van der Waals surface area contributed by atoms with Crippen molar-refractivity contribution in [3.63, 3.8) is 0 Å². The van der Waals surface area contributed by atoms with Crippen LogP contribution in [0.25, 0.3) is 0 Å². The van der Waals surface area contributed by atoms with E-state index in [0.717, 1.165) is 29.1 Å². The summed E-state index contributed by atoms with van der Waals surface area (Å²) in [5, 5.41) is 5.71. The zero-order valence-corrected chi connectivity index (χ0v) is 25.7. The first kappa shape index (κ1) is 30.2. The maximum atomic E-state index is 13.3. The molecule has 11 heteroatoms. The van der Waals surface area contributed by atoms with Crippen molar-refractivity contribution in [2.24, 2.45) is 0 Å². The van der Waals surface area contributed by atoms with Crippen LogP contribution in [-0.4, -0.2) is 76.7 Å². The zero-order valence-electron chi connectivity index (χ0n) is 25.7. The minimum Gasteiger partial charge on any atom is -0.444 e. The molecule has 3 heterocycles. The summed E-state index contributed by atoms with van der Waals surface area (Å²) in [7, 11) is 3.49. The summed E-state index contributed by atoms with van der Waals surface area (Å²) in [5.41, 5.74) is 4.17. The quantitative estimate of drug-likeness (QED) is 0.430. The molecule has 228 valence electrons. The molecule has 1 aromatic heterocycles. The molecular formula is C32H40N6O5. The van der Waals surface area contributed by atoms with Crippen LogP contribution in [0, 0.1) is 6.92 Å². The zero-order chi connectivity index (χ0) is 30.9. The van der Waals surface area contributed by atoms with Gasteiger partial charge in [0.2, 0.25) is 0 Å². The summed E-state index contributed by atoms with van der Waals surface area (Å²) in [5.74, 6) is 0.134. The normalized spacial score (nSPS) is 15.8. The fourth-order valence-electron chi connectivity index (χ4n) is 5.60. The Morgan fingerprint density at radius 3 is 2.23 bits per heavy atom. The molecule has 2 N–H and O–H groups in total. The number of imidazole rings is 1. The van der Waals surface area contributed by atoms with Gasteiger partial charge in [-0.2, -0.15) is 0 Å². The molecule has 0 radical (unpaired) electrons. The number of nitrogens with zero attached hydrogens (tertiary/aromatic N) is 4. The van der Waals surface area contributed by atoms with Gasteiger partial charge >= 0.3 is 6.09 Å². The standard InChI is InChI=1S/C32H40N6O5/c1-21-26-32(19-42-20-32)37(18-23-7-11-24(12-8-23)29(40)36(5)6)15-16-38(26)27(34-21)28(39)33-17-22-9-13-25(14-10-22)35-30(41)43-31(2,3)4/h7-14H,15-20H2,1-6H3,(H,33,39)(H,35,41). The van der Waals surface area contributed by atoms with Crippen molar-refractivity contribution in [2.45, 2.75) is 58.5 Å². The van der Waals surface area contributed by atoms with Crippen molar-refractivity contribution in [1.29, 1.82) is 0 Å². The van der Waals surface area contributed by atoms with Crippen molar-refractivity contribution in [1.82, 2.24) is 24.7 Å². The highest BCUT2D eigenvalue weighted by molar-refractivity contribution is 5.94. The fraction of sp³-hybridized carbons (Fsp3) is 0.438. The molecule has 2 aromatic carbocycles. The maximum absolute atomic E-state index is 13.3. The van der Waals surface area contributed by atoms with Crippen LogP contribution in [0.2, 0.25) is 0 Å². The SMILES string of the molecule is Cc1nc(C(=O)NCc2ccc(NC(=O)OC(C)(C)C)cc2)n2c1C1(COC1)N(Cc1ccc(C(=O)N(C)C)cc1)CC2. The molecule has 0 saturated carbocycles. The number of hydrogen-bond donors (Lipinski definition) is 2. The van der Waals surface area contributed by atoms with E-state index in [-0.39, 0.29) is 17.4 Å². The highest BCUT2D eigenvalue weighted by Gasteiger charge is 2.51. The number of hydrogen-bond acceptors (Lipinski definition) is 7. The van der Waals surface area contributed by atoms with Crippen LogP contribution < -0.4 is 10.6 Å². The van der Waals surface area contributed by atoms with Gasteiger partial charge in [0, 0.05) is 51.5 Å². The summed E-state index contributed by atoms with van der Waals surface area (Å²) in [6.07, 6.45) is -0.518. The van der Waals surface area contributed by atoms with Crippen LogP contribution in [0.1, 0.15) is 64.3 Å². The molecule has 0 aliphatic carbocycles. The molecule has 1 spiro atoms. The van der Waals surface area contributed by atoms with E-state index >= 15 is 0 Å². The van der Waals surface area contributed by atoms with Crippen molar-refractivity contribution in [3.05, 3.63) is 82.4 Å². The van der Waals surface area contributed by atoms with E-state index < -0.39 is 11.7 Å². The molecule has 2 aliphatic heterocycles. The molecule has 5 rings (SSSR count). The number of rotatable bonds is 7. The number of amides is 3. The number of carbonyl (C=O) groups is 3. The molecule has 1 saturated heterocycles. The van der Waals surface area contributed by atoms with Gasteiger partial charge in [0.05, 0.1) is 24.6 Å². The van der Waals surface area contributed by atoms with Crippen LogP contribution in [-0.2, 0) is 34.6 Å². The van der Waals surface area contributed by atoms with Crippen molar-refractivity contribution < 1.29 is 23.9 Å². The van der Waals surface area contributed by atoms with Gasteiger partial charge < -0.3 is 24.3 Å². The Bertz CT molecular complexity index is 1500. The third-order valence-corrected chi connectivity index (χ3v) is 7.70. The lowest BCUT2D eigenvalue weighted by molar-refractivity contribution is -0.163. The molecule has 0 atom stereocenters. The van der Waals surface area contributed by atoms with Crippen LogP contribution in [0.3, 0.4) is 0 Å². The fourth-order valence-corrected chi connectivity index (χ4v) is 5.60. The van der Waals surface area contributed by atoms with Gasteiger partial charge in [0.25, 0.3) is 11.8 Å². The third kappa shape index (κ3) is 6.42. The molecule has 2 aliphatic rings. The Morgan fingerprint density at radius 1 is 1.00 bits per heavy atom. The van der Waals surface area contributed by atoms with Crippen LogP contribution in [0.5, 0.6) is 0 Å². The Balaban J connectivity index is 1.25. The summed E-state index contributed by atoms with van der Waals surface area (Å²) >= 11 is 0. The van der Waals surface area contributed by atoms with Crippen molar-refractivity contribution >= 4 is 23.6 Å². The second-order valence-electron chi connectivity index (χ2n) is 12.4. The van der Waals surface area contributed by atoms with Crippen LogP contribution >= 0.6 is 0 Å². The summed E-state index contributed by atoms with van der Waals surface area (Å²) in [6.45, 7) is 10.8. The number of benzene rings is 2. The Morgan fingerprint density at radius 2 is 1.65 bits per heavy atom. The highest BCUT2D eigenvalue weighted by atomic mass is 16.6. The third-order valence-electron chi connectivity index (χ3n) is 7.70. The molecule has 3 aromatic rings. The number of carbonyl (C=O) groups excluding carboxylic acids is 3. The Kier molecular flexibility index (Phi) is 8.31. The van der Waals surface area contributed by atoms with Crippen molar-refractivity contribution in [2.75, 3.05) is 39.2 Å². The van der Waals surface area contributed by atoms with E-state index in [1.165, 1.54) is 0 Å². The van der Waals surface area contributed by atoms with E-state index in [1.807, 2.05) is 68.7 Å². The molecule has 1 fully saturated rings. The second kappa shape index (κ2) is 11.8. The lowest BCUT2D eigenvalue weighted by Crippen LogP contribution is -2.63. The van der Waals surface area contributed by atoms with Gasteiger partial charge in [-0.15, -0.1) is 0 Å². The minimum atomic E-state index is -0.580. The predicted octanol–water partition coefficient (Wildman–Crippen LogP) is 3.91. The van der Waals surface area contributed by atoms with Gasteiger partial charge in [0.1, 0.15) is 11.1 Å². The molecule has 11 nitrogen and oxygen atoms in total. The number of aryl methyl sites for hydroxylation is 1. The van der Waals surface area contributed by atoms with E-state index in [0.29, 0.717) is 49.9 Å². The topological polar surface area (TPSA) is 118 Å². The molecule has 43 heavy (non-hydrogen) atoms. The number of anilines is 1. The summed E-state index contributed by atoms with van der Waals surface area (Å²) in [4.78, 5) is 46.3. The van der Waals surface area contributed by atoms with E-state index in [1.54, 1.807) is 31.1 Å². The summed E-state index contributed by atoms with van der Waals surface area (Å²) < 4.78 is 13.1. The van der Waals surface area contributed by atoms with Gasteiger partial charge in [0.15, 0.2) is 5.82 Å². The number of aromatic nitrogens is 2. The Hall–Kier alpha value is -4.22. The van der Waals surface area contributed by atoms with E-state index in [2.05, 4.69) is 15.5 Å². The number of fused-ring (bicyclic) bond motifs is 2. The smallest absolute Gasteiger partial charge is 0.412 e. The first-order valence-electron chi connectivity index (χ1n) is 14.4.